The number of carbonyl (C=O) groups excluding carboxylic acids is 1. The summed E-state index contributed by atoms with van der Waals surface area (Å²) in [5, 5.41) is 2.64. The zero-order chi connectivity index (χ0) is 9.68. The van der Waals surface area contributed by atoms with Gasteiger partial charge in [-0.25, -0.2) is 4.98 Å². The molecule has 0 fully saturated rings. The molecule has 70 valence electrons. The van der Waals surface area contributed by atoms with Crippen LogP contribution in [-0.4, -0.2) is 16.9 Å². The topological polar surface area (TPSA) is 68.0 Å². The van der Waals surface area contributed by atoms with E-state index >= 15 is 0 Å². The fourth-order valence-corrected chi connectivity index (χ4v) is 0.923. The zero-order valence-corrected chi connectivity index (χ0v) is 7.53. The van der Waals surface area contributed by atoms with Gasteiger partial charge in [0.1, 0.15) is 5.82 Å². The van der Waals surface area contributed by atoms with Crippen molar-refractivity contribution in [1.29, 1.82) is 0 Å². The molecule has 0 aliphatic heterocycles. The Bertz CT molecular complexity index is 271. The molecule has 13 heavy (non-hydrogen) atoms. The largest absolute Gasteiger partial charge is 0.327 e. The van der Waals surface area contributed by atoms with Gasteiger partial charge in [0.25, 0.3) is 0 Å². The van der Waals surface area contributed by atoms with Crippen LogP contribution in [0.5, 0.6) is 0 Å². The number of pyridine rings is 1. The Balaban J connectivity index is 2.46. The van der Waals surface area contributed by atoms with Gasteiger partial charge in [-0.2, -0.15) is 0 Å². The fraction of sp³-hybridized carbons (Fsp3) is 0.333. The van der Waals surface area contributed by atoms with Crippen molar-refractivity contribution in [2.24, 2.45) is 5.73 Å². The third kappa shape index (κ3) is 3.66. The van der Waals surface area contributed by atoms with Gasteiger partial charge in [-0.1, -0.05) is 6.07 Å². The van der Waals surface area contributed by atoms with Crippen LogP contribution in [0.1, 0.15) is 13.3 Å². The number of amides is 1. The first kappa shape index (κ1) is 9.67. The fourth-order valence-electron chi connectivity index (χ4n) is 0.923. The Kier molecular flexibility index (Phi) is 3.40. The summed E-state index contributed by atoms with van der Waals surface area (Å²) in [5.41, 5.74) is 5.47. The molecule has 1 unspecified atom stereocenters. The molecule has 0 aliphatic carbocycles. The van der Waals surface area contributed by atoms with E-state index in [4.69, 9.17) is 5.73 Å². The number of carbonyl (C=O) groups is 1. The molecule has 1 atom stereocenters. The van der Waals surface area contributed by atoms with Crippen LogP contribution in [0.4, 0.5) is 5.82 Å². The molecule has 0 aromatic carbocycles. The Hall–Kier alpha value is -1.42. The molecule has 0 radical (unpaired) electrons. The third-order valence-corrected chi connectivity index (χ3v) is 1.44. The smallest absolute Gasteiger partial charge is 0.227 e. The molecular weight excluding hydrogens is 166 g/mol. The van der Waals surface area contributed by atoms with E-state index in [1.54, 1.807) is 25.3 Å². The predicted molar refractivity (Wildman–Crippen MR) is 51.1 cm³/mol. The predicted octanol–water partition coefficient (Wildman–Crippen LogP) is 0.757. The second-order valence-corrected chi connectivity index (χ2v) is 2.94. The van der Waals surface area contributed by atoms with Crippen molar-refractivity contribution in [2.75, 3.05) is 5.32 Å². The van der Waals surface area contributed by atoms with Crippen LogP contribution in [0.25, 0.3) is 0 Å². The highest BCUT2D eigenvalue weighted by molar-refractivity contribution is 5.90. The van der Waals surface area contributed by atoms with Gasteiger partial charge in [0.05, 0.1) is 0 Å². The van der Waals surface area contributed by atoms with Crippen LogP contribution >= 0.6 is 0 Å². The normalized spacial score (nSPS) is 12.2. The SMILES string of the molecule is CC(N)CC(=O)Nc1ccccn1. The minimum atomic E-state index is -0.122. The van der Waals surface area contributed by atoms with Crippen molar-refractivity contribution in [1.82, 2.24) is 4.98 Å². The summed E-state index contributed by atoms with van der Waals surface area (Å²) in [5.74, 6) is 0.460. The number of rotatable bonds is 3. The van der Waals surface area contributed by atoms with Crippen molar-refractivity contribution >= 4 is 11.7 Å². The summed E-state index contributed by atoms with van der Waals surface area (Å²) in [4.78, 5) is 15.1. The number of nitrogens with two attached hydrogens (primary N) is 1. The van der Waals surface area contributed by atoms with Gasteiger partial charge < -0.3 is 11.1 Å². The van der Waals surface area contributed by atoms with E-state index in [1.165, 1.54) is 0 Å². The van der Waals surface area contributed by atoms with Gasteiger partial charge in [-0.3, -0.25) is 4.79 Å². The summed E-state index contributed by atoms with van der Waals surface area (Å²) in [6.07, 6.45) is 1.94. The quantitative estimate of drug-likeness (QED) is 0.719. The lowest BCUT2D eigenvalue weighted by Crippen LogP contribution is -2.24. The molecule has 0 aliphatic rings. The van der Waals surface area contributed by atoms with Gasteiger partial charge in [0.15, 0.2) is 0 Å². The van der Waals surface area contributed by atoms with E-state index in [1.807, 2.05) is 6.07 Å². The second kappa shape index (κ2) is 4.57. The van der Waals surface area contributed by atoms with Crippen molar-refractivity contribution in [3.8, 4) is 0 Å². The number of nitrogens with zero attached hydrogens (tertiary/aromatic N) is 1. The van der Waals surface area contributed by atoms with Crippen molar-refractivity contribution < 1.29 is 4.79 Å². The lowest BCUT2D eigenvalue weighted by Gasteiger charge is -2.05. The molecule has 1 rings (SSSR count). The maximum Gasteiger partial charge on any atom is 0.227 e. The van der Waals surface area contributed by atoms with Crippen molar-refractivity contribution in [2.45, 2.75) is 19.4 Å². The van der Waals surface area contributed by atoms with Gasteiger partial charge >= 0.3 is 0 Å². The highest BCUT2D eigenvalue weighted by Crippen LogP contribution is 2.00. The Morgan fingerprint density at radius 1 is 1.69 bits per heavy atom. The Morgan fingerprint density at radius 2 is 2.46 bits per heavy atom. The summed E-state index contributed by atoms with van der Waals surface area (Å²) >= 11 is 0. The van der Waals surface area contributed by atoms with Gasteiger partial charge in [0, 0.05) is 18.7 Å². The van der Waals surface area contributed by atoms with E-state index in [9.17, 15) is 4.79 Å². The lowest BCUT2D eigenvalue weighted by molar-refractivity contribution is -0.116. The minimum absolute atomic E-state index is 0.103. The van der Waals surface area contributed by atoms with Crippen LogP contribution in [0, 0.1) is 0 Å². The van der Waals surface area contributed by atoms with Crippen LogP contribution in [-0.2, 0) is 4.79 Å². The molecule has 0 saturated heterocycles. The van der Waals surface area contributed by atoms with E-state index in [0.717, 1.165) is 0 Å². The van der Waals surface area contributed by atoms with Crippen molar-refractivity contribution in [3.05, 3.63) is 24.4 Å². The molecule has 0 bridgehead atoms. The third-order valence-electron chi connectivity index (χ3n) is 1.44. The highest BCUT2D eigenvalue weighted by atomic mass is 16.1. The van der Waals surface area contributed by atoms with Crippen LogP contribution < -0.4 is 11.1 Å². The number of aromatic nitrogens is 1. The average molecular weight is 179 g/mol. The highest BCUT2D eigenvalue weighted by Gasteiger charge is 2.04. The molecule has 1 aromatic heterocycles. The standard InChI is InChI=1S/C9H13N3O/c1-7(10)6-9(13)12-8-4-2-3-5-11-8/h2-5,7H,6,10H2,1H3,(H,11,12,13). The number of anilines is 1. The van der Waals surface area contributed by atoms with E-state index < -0.39 is 0 Å². The first-order chi connectivity index (χ1) is 6.18. The lowest BCUT2D eigenvalue weighted by atomic mass is 10.2. The van der Waals surface area contributed by atoms with Crippen molar-refractivity contribution in [3.63, 3.8) is 0 Å². The molecule has 1 aromatic rings. The minimum Gasteiger partial charge on any atom is -0.327 e. The van der Waals surface area contributed by atoms with E-state index in [0.29, 0.717) is 12.2 Å². The molecule has 4 nitrogen and oxygen atoms in total. The van der Waals surface area contributed by atoms with Gasteiger partial charge in [-0.15, -0.1) is 0 Å². The average Bonchev–Trinajstić information content (AvgIpc) is 2.04. The zero-order valence-electron chi connectivity index (χ0n) is 7.53. The maximum absolute atomic E-state index is 11.2. The summed E-state index contributed by atoms with van der Waals surface area (Å²) in [6, 6.07) is 5.22. The van der Waals surface area contributed by atoms with Gasteiger partial charge in [0.2, 0.25) is 5.91 Å². The molecule has 3 N–H and O–H groups in total. The molecule has 1 amide bonds. The second-order valence-electron chi connectivity index (χ2n) is 2.94. The van der Waals surface area contributed by atoms with Crippen LogP contribution in [0.3, 0.4) is 0 Å². The monoisotopic (exact) mass is 179 g/mol. The van der Waals surface area contributed by atoms with E-state index in [-0.39, 0.29) is 11.9 Å². The molecule has 0 spiro atoms. The molecule has 1 heterocycles. The number of hydrogen-bond acceptors (Lipinski definition) is 3. The Morgan fingerprint density at radius 3 is 3.00 bits per heavy atom. The molecule has 4 heteroatoms. The van der Waals surface area contributed by atoms with Crippen LogP contribution in [0.2, 0.25) is 0 Å². The summed E-state index contributed by atoms with van der Waals surface area (Å²) in [6.45, 7) is 1.79. The summed E-state index contributed by atoms with van der Waals surface area (Å²) in [7, 11) is 0. The first-order valence-corrected chi connectivity index (χ1v) is 4.15. The summed E-state index contributed by atoms with van der Waals surface area (Å²) < 4.78 is 0. The molecule has 0 saturated carbocycles. The van der Waals surface area contributed by atoms with Crippen LogP contribution in [0.15, 0.2) is 24.4 Å². The Labute approximate surface area is 77.2 Å². The maximum atomic E-state index is 11.2. The first-order valence-electron chi connectivity index (χ1n) is 4.15. The number of hydrogen-bond donors (Lipinski definition) is 2. The number of nitrogens with one attached hydrogen (secondary N) is 1. The van der Waals surface area contributed by atoms with E-state index in [2.05, 4.69) is 10.3 Å². The van der Waals surface area contributed by atoms with Gasteiger partial charge in [-0.05, 0) is 19.1 Å². The molecular formula is C9H13N3O.